The summed E-state index contributed by atoms with van der Waals surface area (Å²) >= 11 is 2.24. The van der Waals surface area contributed by atoms with Crippen LogP contribution >= 0.6 is 22.6 Å². The van der Waals surface area contributed by atoms with Crippen molar-refractivity contribution in [3.8, 4) is 0 Å². The summed E-state index contributed by atoms with van der Waals surface area (Å²) in [6.45, 7) is 2.19. The molecule has 3 nitrogen and oxygen atoms in total. The van der Waals surface area contributed by atoms with E-state index in [1.54, 1.807) is 6.92 Å². The zero-order valence-corrected chi connectivity index (χ0v) is 10.4. The van der Waals surface area contributed by atoms with Gasteiger partial charge in [-0.2, -0.15) is 0 Å². The molecule has 0 saturated heterocycles. The van der Waals surface area contributed by atoms with E-state index in [4.69, 9.17) is 4.74 Å². The van der Waals surface area contributed by atoms with Gasteiger partial charge in [0, 0.05) is 14.5 Å². The molecule has 0 spiro atoms. The fourth-order valence-electron chi connectivity index (χ4n) is 1.42. The van der Waals surface area contributed by atoms with E-state index in [1.807, 2.05) is 24.3 Å². The first-order valence-corrected chi connectivity index (χ1v) is 5.74. The topological polar surface area (TPSA) is 42.1 Å². The first-order valence-electron chi connectivity index (χ1n) is 4.66. The molecule has 0 amide bonds. The lowest BCUT2D eigenvalue weighted by Crippen LogP contribution is -2.04. The van der Waals surface area contributed by atoms with E-state index < -0.39 is 0 Å². The Morgan fingerprint density at radius 2 is 2.27 bits per heavy atom. The predicted molar refractivity (Wildman–Crippen MR) is 67.0 cm³/mol. The Kier molecular flexibility index (Phi) is 2.95. The molecule has 0 radical (unpaired) electrons. The second kappa shape index (κ2) is 4.22. The minimum absolute atomic E-state index is 0.302. The molecule has 15 heavy (non-hydrogen) atoms. The Labute approximate surface area is 101 Å². The fraction of sp³-hybridized carbons (Fsp3) is 0.182. The average Bonchev–Trinajstić information content (AvgIpc) is 2.60. The number of aromatic amines is 1. The van der Waals surface area contributed by atoms with E-state index in [1.165, 1.54) is 0 Å². The van der Waals surface area contributed by atoms with Crippen LogP contribution in [-0.4, -0.2) is 17.6 Å². The second-order valence-corrected chi connectivity index (χ2v) is 4.38. The van der Waals surface area contributed by atoms with Crippen molar-refractivity contribution in [1.29, 1.82) is 0 Å². The number of hydrogen-bond acceptors (Lipinski definition) is 2. The van der Waals surface area contributed by atoms with Crippen molar-refractivity contribution in [2.75, 3.05) is 6.61 Å². The molecular weight excluding hydrogens is 305 g/mol. The highest BCUT2D eigenvalue weighted by Crippen LogP contribution is 2.18. The quantitative estimate of drug-likeness (QED) is 0.684. The van der Waals surface area contributed by atoms with Crippen molar-refractivity contribution in [3.05, 3.63) is 33.5 Å². The van der Waals surface area contributed by atoms with Gasteiger partial charge in [-0.25, -0.2) is 4.79 Å². The normalized spacial score (nSPS) is 10.5. The summed E-state index contributed by atoms with van der Waals surface area (Å²) in [5, 5.41) is 1.03. The Balaban J connectivity index is 2.42. The number of carbonyl (C=O) groups excluding carboxylic acids is 1. The van der Waals surface area contributed by atoms with Gasteiger partial charge in [0.1, 0.15) is 5.69 Å². The monoisotopic (exact) mass is 315 g/mol. The Hall–Kier alpha value is -1.04. The van der Waals surface area contributed by atoms with Crippen LogP contribution in [0, 0.1) is 3.57 Å². The molecule has 1 N–H and O–H groups in total. The molecule has 0 aliphatic carbocycles. The first kappa shape index (κ1) is 10.5. The molecule has 1 aromatic carbocycles. The number of halogens is 1. The third-order valence-electron chi connectivity index (χ3n) is 2.08. The second-order valence-electron chi connectivity index (χ2n) is 3.14. The number of H-pyrrole nitrogens is 1. The van der Waals surface area contributed by atoms with Crippen LogP contribution in [0.4, 0.5) is 0 Å². The number of hydrogen-bond donors (Lipinski definition) is 1. The number of benzene rings is 1. The largest absolute Gasteiger partial charge is 0.461 e. The summed E-state index contributed by atoms with van der Waals surface area (Å²) in [4.78, 5) is 14.5. The van der Waals surface area contributed by atoms with Crippen LogP contribution in [0.5, 0.6) is 0 Å². The smallest absolute Gasteiger partial charge is 0.354 e. The summed E-state index contributed by atoms with van der Waals surface area (Å²) in [5.41, 5.74) is 1.47. The van der Waals surface area contributed by atoms with Crippen LogP contribution in [0.3, 0.4) is 0 Å². The summed E-state index contributed by atoms with van der Waals surface area (Å²) in [6, 6.07) is 7.79. The zero-order valence-electron chi connectivity index (χ0n) is 8.21. The van der Waals surface area contributed by atoms with Crippen molar-refractivity contribution in [3.63, 3.8) is 0 Å². The third-order valence-corrected chi connectivity index (χ3v) is 2.75. The summed E-state index contributed by atoms with van der Waals surface area (Å²) < 4.78 is 6.06. The van der Waals surface area contributed by atoms with Crippen LogP contribution in [0.2, 0.25) is 0 Å². The van der Waals surface area contributed by atoms with Crippen molar-refractivity contribution in [2.24, 2.45) is 0 Å². The van der Waals surface area contributed by atoms with E-state index in [0.29, 0.717) is 12.3 Å². The maximum Gasteiger partial charge on any atom is 0.354 e. The van der Waals surface area contributed by atoms with E-state index in [-0.39, 0.29) is 5.97 Å². The number of aromatic nitrogens is 1. The maximum atomic E-state index is 11.4. The van der Waals surface area contributed by atoms with E-state index in [0.717, 1.165) is 14.5 Å². The number of esters is 1. The molecule has 0 bridgehead atoms. The predicted octanol–water partition coefficient (Wildman–Crippen LogP) is 2.95. The van der Waals surface area contributed by atoms with E-state index in [2.05, 4.69) is 27.6 Å². The van der Waals surface area contributed by atoms with Crippen molar-refractivity contribution >= 4 is 39.5 Å². The van der Waals surface area contributed by atoms with E-state index >= 15 is 0 Å². The summed E-state index contributed by atoms with van der Waals surface area (Å²) in [6.07, 6.45) is 0. The van der Waals surface area contributed by atoms with Gasteiger partial charge in [-0.1, -0.05) is 0 Å². The number of fused-ring (bicyclic) bond motifs is 1. The van der Waals surface area contributed by atoms with Crippen molar-refractivity contribution < 1.29 is 9.53 Å². The SMILES string of the molecule is CCOC(=O)c1cc2cc(I)ccc2[nH]1. The highest BCUT2D eigenvalue weighted by atomic mass is 127. The van der Waals surface area contributed by atoms with Crippen LogP contribution in [0.15, 0.2) is 24.3 Å². The van der Waals surface area contributed by atoms with Gasteiger partial charge in [-0.05, 0) is 53.8 Å². The molecule has 78 valence electrons. The molecule has 0 aliphatic heterocycles. The minimum Gasteiger partial charge on any atom is -0.461 e. The van der Waals surface area contributed by atoms with Crippen LogP contribution in [0.25, 0.3) is 10.9 Å². The molecule has 0 atom stereocenters. The van der Waals surface area contributed by atoms with Gasteiger partial charge >= 0.3 is 5.97 Å². The highest BCUT2D eigenvalue weighted by molar-refractivity contribution is 14.1. The Morgan fingerprint density at radius 3 is 3.00 bits per heavy atom. The Morgan fingerprint density at radius 1 is 1.47 bits per heavy atom. The number of rotatable bonds is 2. The average molecular weight is 315 g/mol. The fourth-order valence-corrected chi connectivity index (χ4v) is 1.94. The number of nitrogens with one attached hydrogen (secondary N) is 1. The molecule has 0 saturated carbocycles. The highest BCUT2D eigenvalue weighted by Gasteiger charge is 2.09. The Bertz CT molecular complexity index is 504. The molecule has 2 rings (SSSR count). The van der Waals surface area contributed by atoms with Gasteiger partial charge in [-0.15, -0.1) is 0 Å². The number of carbonyl (C=O) groups is 1. The van der Waals surface area contributed by atoms with Crippen LogP contribution in [-0.2, 0) is 4.74 Å². The first-order chi connectivity index (χ1) is 7.20. The lowest BCUT2D eigenvalue weighted by molar-refractivity contribution is 0.0520. The molecule has 1 heterocycles. The van der Waals surface area contributed by atoms with Gasteiger partial charge in [0.15, 0.2) is 0 Å². The van der Waals surface area contributed by atoms with Gasteiger partial charge in [0.05, 0.1) is 6.61 Å². The molecule has 2 aromatic rings. The van der Waals surface area contributed by atoms with Gasteiger partial charge in [0.25, 0.3) is 0 Å². The van der Waals surface area contributed by atoms with Crippen LogP contribution in [0.1, 0.15) is 17.4 Å². The van der Waals surface area contributed by atoms with Crippen molar-refractivity contribution in [1.82, 2.24) is 4.98 Å². The van der Waals surface area contributed by atoms with Crippen LogP contribution < -0.4 is 0 Å². The molecule has 0 unspecified atom stereocenters. The van der Waals surface area contributed by atoms with Gasteiger partial charge < -0.3 is 9.72 Å². The van der Waals surface area contributed by atoms with Gasteiger partial charge in [0.2, 0.25) is 0 Å². The lowest BCUT2D eigenvalue weighted by atomic mass is 10.2. The molecule has 0 aliphatic rings. The summed E-state index contributed by atoms with van der Waals surface area (Å²) in [7, 11) is 0. The summed E-state index contributed by atoms with van der Waals surface area (Å²) in [5.74, 6) is -0.302. The standard InChI is InChI=1S/C11H10INO2/c1-2-15-11(14)10-6-7-5-8(12)3-4-9(7)13-10/h3-6,13H,2H2,1H3. The third kappa shape index (κ3) is 2.14. The maximum absolute atomic E-state index is 11.4. The molecule has 4 heteroatoms. The van der Waals surface area contributed by atoms with Crippen molar-refractivity contribution in [2.45, 2.75) is 6.92 Å². The lowest BCUT2D eigenvalue weighted by Gasteiger charge is -1.96. The molecular formula is C11H10INO2. The zero-order chi connectivity index (χ0) is 10.8. The molecule has 0 fully saturated rings. The minimum atomic E-state index is -0.302. The molecule has 1 aromatic heterocycles. The number of ether oxygens (including phenoxy) is 1. The van der Waals surface area contributed by atoms with Gasteiger partial charge in [-0.3, -0.25) is 0 Å². The van der Waals surface area contributed by atoms with E-state index in [9.17, 15) is 4.79 Å².